The van der Waals surface area contributed by atoms with E-state index in [1.165, 1.54) is 0 Å². The zero-order valence-corrected chi connectivity index (χ0v) is 13.1. The molecular weight excluding hydrogens is 264 g/mol. The van der Waals surface area contributed by atoms with E-state index in [9.17, 15) is 5.26 Å². The molecule has 4 heteroatoms. The van der Waals surface area contributed by atoms with Crippen molar-refractivity contribution in [2.24, 2.45) is 5.92 Å². The van der Waals surface area contributed by atoms with Crippen LogP contribution in [0.4, 0.5) is 0 Å². The van der Waals surface area contributed by atoms with E-state index in [-0.39, 0.29) is 5.54 Å². The highest BCUT2D eigenvalue weighted by Gasteiger charge is 2.41. The molecule has 0 radical (unpaired) electrons. The first-order chi connectivity index (χ1) is 10.1. The Bertz CT molecular complexity index is 524. The minimum atomic E-state index is -0.374. The monoisotopic (exact) mass is 288 g/mol. The maximum atomic E-state index is 9.44. The normalized spacial score (nSPS) is 24.6. The van der Waals surface area contributed by atoms with Crippen LogP contribution in [0.1, 0.15) is 31.2 Å². The number of nitrogens with zero attached hydrogens (tertiary/aromatic N) is 1. The Kier molecular flexibility index (Phi) is 5.08. The van der Waals surface area contributed by atoms with Crippen LogP contribution in [-0.4, -0.2) is 26.3 Å². The summed E-state index contributed by atoms with van der Waals surface area (Å²) in [5.41, 5.74) is 0.773. The van der Waals surface area contributed by atoms with Gasteiger partial charge in [0.1, 0.15) is 5.54 Å². The van der Waals surface area contributed by atoms with Crippen LogP contribution < -0.4 is 14.8 Å². The van der Waals surface area contributed by atoms with Gasteiger partial charge in [-0.05, 0) is 56.8 Å². The Morgan fingerprint density at radius 1 is 1.43 bits per heavy atom. The Labute approximate surface area is 127 Å². The highest BCUT2D eigenvalue weighted by molar-refractivity contribution is 5.42. The van der Waals surface area contributed by atoms with Gasteiger partial charge in [-0.3, -0.25) is 0 Å². The van der Waals surface area contributed by atoms with Crippen molar-refractivity contribution in [3.8, 4) is 17.6 Å². The number of nitriles is 1. The average molecular weight is 288 g/mol. The summed E-state index contributed by atoms with van der Waals surface area (Å²) in [7, 11) is 3.53. The number of hydrogen-bond donors (Lipinski definition) is 1. The topological polar surface area (TPSA) is 54.3 Å². The van der Waals surface area contributed by atoms with Crippen LogP contribution in [-0.2, 0) is 0 Å². The van der Waals surface area contributed by atoms with Gasteiger partial charge in [0.25, 0.3) is 0 Å². The van der Waals surface area contributed by atoms with Crippen molar-refractivity contribution in [1.82, 2.24) is 5.32 Å². The SMILES string of the molecule is CNC1(C#N)CCCC1CCOc1ccc(C)cc1OC. The molecule has 1 aromatic rings. The summed E-state index contributed by atoms with van der Waals surface area (Å²) in [5.74, 6) is 1.89. The molecule has 2 rings (SSSR count). The number of benzene rings is 1. The van der Waals surface area contributed by atoms with E-state index in [0.717, 1.165) is 42.7 Å². The first kappa shape index (κ1) is 15.7. The second-order valence-electron chi connectivity index (χ2n) is 5.71. The van der Waals surface area contributed by atoms with Crippen molar-refractivity contribution in [3.63, 3.8) is 0 Å². The molecule has 1 saturated carbocycles. The maximum Gasteiger partial charge on any atom is 0.161 e. The second kappa shape index (κ2) is 6.82. The van der Waals surface area contributed by atoms with Gasteiger partial charge in [-0.15, -0.1) is 0 Å². The fourth-order valence-electron chi connectivity index (χ4n) is 3.21. The minimum absolute atomic E-state index is 0.351. The quantitative estimate of drug-likeness (QED) is 0.874. The summed E-state index contributed by atoms with van der Waals surface area (Å²) in [4.78, 5) is 0. The number of hydrogen-bond acceptors (Lipinski definition) is 4. The zero-order valence-electron chi connectivity index (χ0n) is 13.1. The average Bonchev–Trinajstić information content (AvgIpc) is 2.92. The molecule has 0 amide bonds. The molecule has 4 nitrogen and oxygen atoms in total. The summed E-state index contributed by atoms with van der Waals surface area (Å²) >= 11 is 0. The van der Waals surface area contributed by atoms with Crippen molar-refractivity contribution in [1.29, 1.82) is 5.26 Å². The van der Waals surface area contributed by atoms with Crippen molar-refractivity contribution < 1.29 is 9.47 Å². The lowest BCUT2D eigenvalue weighted by atomic mass is 9.86. The number of rotatable bonds is 6. The fraction of sp³-hybridized carbons (Fsp3) is 0.588. The zero-order chi connectivity index (χ0) is 15.3. The van der Waals surface area contributed by atoms with E-state index in [2.05, 4.69) is 11.4 Å². The van der Waals surface area contributed by atoms with Gasteiger partial charge in [-0.25, -0.2) is 0 Å². The van der Waals surface area contributed by atoms with Crippen LogP contribution in [0, 0.1) is 24.2 Å². The molecular formula is C17H24N2O2. The standard InChI is InChI=1S/C17H24N2O2/c1-13-6-7-15(16(11-13)20-3)21-10-8-14-5-4-9-17(14,12-18)19-2/h6-7,11,14,19H,4-5,8-10H2,1-3H3. The summed E-state index contributed by atoms with van der Waals surface area (Å²) in [6, 6.07) is 8.39. The number of nitrogens with one attached hydrogen (secondary N) is 1. The van der Waals surface area contributed by atoms with E-state index in [4.69, 9.17) is 9.47 Å². The van der Waals surface area contributed by atoms with Crippen molar-refractivity contribution in [2.75, 3.05) is 20.8 Å². The van der Waals surface area contributed by atoms with Crippen LogP contribution in [0.15, 0.2) is 18.2 Å². The lowest BCUT2D eigenvalue weighted by Crippen LogP contribution is -2.45. The second-order valence-corrected chi connectivity index (χ2v) is 5.71. The van der Waals surface area contributed by atoms with Crippen LogP contribution in [0.5, 0.6) is 11.5 Å². The molecule has 0 aromatic heterocycles. The molecule has 2 unspecified atom stereocenters. The molecule has 1 fully saturated rings. The highest BCUT2D eigenvalue weighted by atomic mass is 16.5. The summed E-state index contributed by atoms with van der Waals surface area (Å²) in [5, 5.41) is 12.7. The van der Waals surface area contributed by atoms with Gasteiger partial charge >= 0.3 is 0 Å². The molecule has 0 bridgehead atoms. The first-order valence-electron chi connectivity index (χ1n) is 7.53. The van der Waals surface area contributed by atoms with Gasteiger partial charge in [0.05, 0.1) is 19.8 Å². The molecule has 1 aliphatic rings. The molecule has 0 saturated heterocycles. The number of aryl methyl sites for hydroxylation is 1. The van der Waals surface area contributed by atoms with Gasteiger partial charge < -0.3 is 14.8 Å². The Hall–Kier alpha value is -1.73. The van der Waals surface area contributed by atoms with E-state index in [0.29, 0.717) is 12.5 Å². The maximum absolute atomic E-state index is 9.44. The van der Waals surface area contributed by atoms with Gasteiger partial charge in [0.15, 0.2) is 11.5 Å². The summed E-state index contributed by atoms with van der Waals surface area (Å²) < 4.78 is 11.2. The van der Waals surface area contributed by atoms with E-state index < -0.39 is 0 Å². The van der Waals surface area contributed by atoms with Gasteiger partial charge in [-0.2, -0.15) is 5.26 Å². The number of methoxy groups -OCH3 is 1. The molecule has 21 heavy (non-hydrogen) atoms. The number of ether oxygens (including phenoxy) is 2. The summed E-state index contributed by atoms with van der Waals surface area (Å²) in [6.07, 6.45) is 4.00. The van der Waals surface area contributed by atoms with E-state index in [1.54, 1.807) is 7.11 Å². The predicted molar refractivity (Wildman–Crippen MR) is 82.6 cm³/mol. The lowest BCUT2D eigenvalue weighted by Gasteiger charge is -2.28. The molecule has 0 aliphatic heterocycles. The molecule has 0 spiro atoms. The van der Waals surface area contributed by atoms with Crippen molar-refractivity contribution in [3.05, 3.63) is 23.8 Å². The highest BCUT2D eigenvalue weighted by Crippen LogP contribution is 2.37. The van der Waals surface area contributed by atoms with Gasteiger partial charge in [0.2, 0.25) is 0 Å². The van der Waals surface area contributed by atoms with Gasteiger partial charge in [-0.1, -0.05) is 12.5 Å². The third kappa shape index (κ3) is 3.30. The molecule has 1 aliphatic carbocycles. The van der Waals surface area contributed by atoms with Crippen LogP contribution in [0.2, 0.25) is 0 Å². The van der Waals surface area contributed by atoms with Crippen LogP contribution >= 0.6 is 0 Å². The van der Waals surface area contributed by atoms with Crippen LogP contribution in [0.25, 0.3) is 0 Å². The lowest BCUT2D eigenvalue weighted by molar-refractivity contribution is 0.232. The minimum Gasteiger partial charge on any atom is -0.493 e. The Morgan fingerprint density at radius 3 is 2.90 bits per heavy atom. The molecule has 2 atom stereocenters. The smallest absolute Gasteiger partial charge is 0.161 e. The summed E-state index contributed by atoms with van der Waals surface area (Å²) in [6.45, 7) is 2.63. The largest absolute Gasteiger partial charge is 0.493 e. The molecule has 1 N–H and O–H groups in total. The molecule has 114 valence electrons. The Morgan fingerprint density at radius 2 is 2.24 bits per heavy atom. The first-order valence-corrected chi connectivity index (χ1v) is 7.53. The molecule has 0 heterocycles. The third-order valence-electron chi connectivity index (χ3n) is 4.51. The van der Waals surface area contributed by atoms with Crippen molar-refractivity contribution >= 4 is 0 Å². The Balaban J connectivity index is 1.94. The molecule has 1 aromatic carbocycles. The van der Waals surface area contributed by atoms with E-state index in [1.807, 2.05) is 32.2 Å². The third-order valence-corrected chi connectivity index (χ3v) is 4.51. The predicted octanol–water partition coefficient (Wildman–Crippen LogP) is 3.05. The fourth-order valence-corrected chi connectivity index (χ4v) is 3.21. The van der Waals surface area contributed by atoms with Gasteiger partial charge in [0, 0.05) is 0 Å². The van der Waals surface area contributed by atoms with E-state index >= 15 is 0 Å². The van der Waals surface area contributed by atoms with Crippen molar-refractivity contribution in [2.45, 2.75) is 38.1 Å². The van der Waals surface area contributed by atoms with Crippen LogP contribution in [0.3, 0.4) is 0 Å².